The Kier molecular flexibility index (Phi) is 5.79. The first kappa shape index (κ1) is 19.9. The van der Waals surface area contributed by atoms with Crippen molar-refractivity contribution in [1.82, 2.24) is 20.6 Å². The zero-order valence-electron chi connectivity index (χ0n) is 16.7. The first-order chi connectivity index (χ1) is 15.3. The molecular formula is C22H23N5O3S. The lowest BCUT2D eigenvalue weighted by molar-refractivity contribution is 0.0682. The number of benzene rings is 1. The number of carbonyl (C=O) groups excluding carboxylic acids is 1. The molecule has 160 valence electrons. The summed E-state index contributed by atoms with van der Waals surface area (Å²) >= 11 is 1.64. The molecule has 9 heteroatoms. The van der Waals surface area contributed by atoms with E-state index in [1.807, 2.05) is 53.9 Å². The SMILES string of the molecule is O=C(NCc1ccccc1)NC1COC2C(Nc3nccc(-c4cccs4)n3)COC12. The molecule has 2 aliphatic rings. The van der Waals surface area contributed by atoms with Crippen LogP contribution in [0.1, 0.15) is 5.56 Å². The molecule has 2 aromatic heterocycles. The number of anilines is 1. The molecule has 8 nitrogen and oxygen atoms in total. The second kappa shape index (κ2) is 9.01. The Balaban J connectivity index is 1.16. The van der Waals surface area contributed by atoms with Crippen LogP contribution in [0.3, 0.4) is 0 Å². The number of thiophene rings is 1. The fourth-order valence-corrected chi connectivity index (χ4v) is 4.60. The third-order valence-electron chi connectivity index (χ3n) is 5.41. The highest BCUT2D eigenvalue weighted by Gasteiger charge is 2.48. The molecule has 0 aliphatic carbocycles. The third kappa shape index (κ3) is 4.53. The molecule has 1 aromatic carbocycles. The van der Waals surface area contributed by atoms with Crippen molar-refractivity contribution in [2.75, 3.05) is 18.5 Å². The number of urea groups is 1. The number of rotatable bonds is 6. The fourth-order valence-electron chi connectivity index (χ4n) is 3.90. The van der Waals surface area contributed by atoms with Gasteiger partial charge in [-0.25, -0.2) is 14.8 Å². The molecule has 3 aromatic rings. The van der Waals surface area contributed by atoms with Gasteiger partial charge in [0.25, 0.3) is 0 Å². The summed E-state index contributed by atoms with van der Waals surface area (Å²) in [6.07, 6.45) is 1.36. The number of aromatic nitrogens is 2. The van der Waals surface area contributed by atoms with E-state index in [0.717, 1.165) is 16.1 Å². The number of nitrogens with one attached hydrogen (secondary N) is 3. The van der Waals surface area contributed by atoms with Gasteiger partial charge in [0.15, 0.2) is 0 Å². The maximum Gasteiger partial charge on any atom is 0.315 e. The smallest absolute Gasteiger partial charge is 0.315 e. The molecule has 4 atom stereocenters. The first-order valence-electron chi connectivity index (χ1n) is 10.2. The van der Waals surface area contributed by atoms with Crippen LogP contribution < -0.4 is 16.0 Å². The topological polar surface area (TPSA) is 97.4 Å². The molecule has 0 spiro atoms. The number of fused-ring (bicyclic) bond motifs is 1. The molecule has 0 bridgehead atoms. The Bertz CT molecular complexity index is 1020. The van der Waals surface area contributed by atoms with Crippen molar-refractivity contribution in [3.05, 3.63) is 65.7 Å². The van der Waals surface area contributed by atoms with Crippen molar-refractivity contribution in [2.45, 2.75) is 30.8 Å². The van der Waals surface area contributed by atoms with Crippen molar-refractivity contribution < 1.29 is 14.3 Å². The summed E-state index contributed by atoms with van der Waals surface area (Å²) in [4.78, 5) is 22.4. The Morgan fingerprint density at radius 1 is 1.03 bits per heavy atom. The molecule has 0 saturated carbocycles. The molecule has 2 aliphatic heterocycles. The number of ether oxygens (including phenoxy) is 2. The van der Waals surface area contributed by atoms with E-state index in [2.05, 4.69) is 25.9 Å². The molecule has 2 fully saturated rings. The second-order valence-corrected chi connectivity index (χ2v) is 8.46. The van der Waals surface area contributed by atoms with E-state index >= 15 is 0 Å². The predicted molar refractivity (Wildman–Crippen MR) is 118 cm³/mol. The van der Waals surface area contributed by atoms with E-state index in [-0.39, 0.29) is 30.3 Å². The van der Waals surface area contributed by atoms with Gasteiger partial charge in [-0.15, -0.1) is 11.3 Å². The lowest BCUT2D eigenvalue weighted by Crippen LogP contribution is -2.48. The monoisotopic (exact) mass is 437 g/mol. The molecule has 2 amide bonds. The molecule has 3 N–H and O–H groups in total. The van der Waals surface area contributed by atoms with E-state index in [9.17, 15) is 4.79 Å². The van der Waals surface area contributed by atoms with Gasteiger partial charge in [0.05, 0.1) is 35.9 Å². The Hall–Kier alpha value is -3.01. The van der Waals surface area contributed by atoms with Crippen molar-refractivity contribution in [3.8, 4) is 10.6 Å². The normalized spacial score (nSPS) is 24.5. The van der Waals surface area contributed by atoms with Gasteiger partial charge >= 0.3 is 6.03 Å². The van der Waals surface area contributed by atoms with Crippen LogP contribution in [0.25, 0.3) is 10.6 Å². The van der Waals surface area contributed by atoms with Crippen molar-refractivity contribution >= 4 is 23.3 Å². The van der Waals surface area contributed by atoms with Gasteiger partial charge in [-0.2, -0.15) is 0 Å². The van der Waals surface area contributed by atoms with E-state index in [0.29, 0.717) is 25.7 Å². The van der Waals surface area contributed by atoms with Gasteiger partial charge in [-0.3, -0.25) is 0 Å². The number of amides is 2. The minimum atomic E-state index is -0.231. The van der Waals surface area contributed by atoms with Crippen molar-refractivity contribution in [1.29, 1.82) is 0 Å². The van der Waals surface area contributed by atoms with Crippen LogP contribution in [0.2, 0.25) is 0 Å². The van der Waals surface area contributed by atoms with E-state index in [4.69, 9.17) is 9.47 Å². The molecule has 4 heterocycles. The minimum absolute atomic E-state index is 0.0808. The number of carbonyl (C=O) groups is 1. The zero-order valence-corrected chi connectivity index (χ0v) is 17.5. The van der Waals surface area contributed by atoms with Crippen LogP contribution in [-0.2, 0) is 16.0 Å². The fraction of sp³-hybridized carbons (Fsp3) is 0.318. The lowest BCUT2D eigenvalue weighted by Gasteiger charge is -2.18. The maximum atomic E-state index is 12.3. The van der Waals surface area contributed by atoms with Crippen LogP contribution in [0, 0.1) is 0 Å². The Labute approximate surface area is 184 Å². The summed E-state index contributed by atoms with van der Waals surface area (Å²) in [5.41, 5.74) is 1.93. The highest BCUT2D eigenvalue weighted by molar-refractivity contribution is 7.13. The summed E-state index contributed by atoms with van der Waals surface area (Å²) in [7, 11) is 0. The number of nitrogens with zero attached hydrogens (tertiary/aromatic N) is 2. The van der Waals surface area contributed by atoms with Crippen molar-refractivity contribution in [3.63, 3.8) is 0 Å². The van der Waals surface area contributed by atoms with Crippen LogP contribution >= 0.6 is 11.3 Å². The first-order valence-corrected chi connectivity index (χ1v) is 11.1. The van der Waals surface area contributed by atoms with Gasteiger partial charge in [0.1, 0.15) is 12.2 Å². The van der Waals surface area contributed by atoms with E-state index in [1.165, 1.54) is 0 Å². The largest absolute Gasteiger partial charge is 0.371 e. The van der Waals surface area contributed by atoms with Gasteiger partial charge in [-0.05, 0) is 23.1 Å². The summed E-state index contributed by atoms with van der Waals surface area (Å²) < 4.78 is 11.9. The summed E-state index contributed by atoms with van der Waals surface area (Å²) in [6.45, 7) is 1.34. The van der Waals surface area contributed by atoms with Gasteiger partial charge in [0.2, 0.25) is 5.95 Å². The quantitative estimate of drug-likeness (QED) is 0.549. The average molecular weight is 438 g/mol. The average Bonchev–Trinajstić information content (AvgIpc) is 3.54. The Morgan fingerprint density at radius 2 is 1.84 bits per heavy atom. The van der Waals surface area contributed by atoms with E-state index in [1.54, 1.807) is 17.5 Å². The number of hydrogen-bond acceptors (Lipinski definition) is 7. The molecule has 4 unspecified atom stereocenters. The van der Waals surface area contributed by atoms with Crippen LogP contribution in [0.15, 0.2) is 60.1 Å². The van der Waals surface area contributed by atoms with Gasteiger partial charge < -0.3 is 25.4 Å². The second-order valence-electron chi connectivity index (χ2n) is 7.51. The lowest BCUT2D eigenvalue weighted by atomic mass is 10.1. The molecule has 0 radical (unpaired) electrons. The van der Waals surface area contributed by atoms with Crippen molar-refractivity contribution in [2.24, 2.45) is 0 Å². The standard InChI is InChI=1S/C22H23N5O3S/c28-22(24-11-14-5-2-1-3-6-14)27-17-13-30-19-16(12-29-20(17)19)26-21-23-9-8-15(25-21)18-7-4-10-31-18/h1-10,16-17,19-20H,11-13H2,(H,23,25,26)(H2,24,27,28). The van der Waals surface area contributed by atoms with Crippen LogP contribution in [-0.4, -0.2) is 53.5 Å². The maximum absolute atomic E-state index is 12.3. The number of hydrogen-bond donors (Lipinski definition) is 3. The summed E-state index contributed by atoms with van der Waals surface area (Å²) in [5, 5.41) is 11.2. The molecule has 2 saturated heterocycles. The summed E-state index contributed by atoms with van der Waals surface area (Å²) in [5.74, 6) is 0.542. The highest BCUT2D eigenvalue weighted by Crippen LogP contribution is 2.29. The molecule has 31 heavy (non-hydrogen) atoms. The third-order valence-corrected chi connectivity index (χ3v) is 6.30. The molecular weight excluding hydrogens is 414 g/mol. The molecule has 5 rings (SSSR count). The van der Waals surface area contributed by atoms with Gasteiger partial charge in [0, 0.05) is 12.7 Å². The minimum Gasteiger partial charge on any atom is -0.371 e. The Morgan fingerprint density at radius 3 is 2.65 bits per heavy atom. The zero-order chi connectivity index (χ0) is 21.0. The van der Waals surface area contributed by atoms with E-state index < -0.39 is 0 Å². The highest BCUT2D eigenvalue weighted by atomic mass is 32.1. The summed E-state index contributed by atoms with van der Waals surface area (Å²) in [6, 6.07) is 15.2. The predicted octanol–water partition coefficient (Wildman–Crippen LogP) is 2.65. The van der Waals surface area contributed by atoms with Crippen LogP contribution in [0.4, 0.5) is 10.7 Å². The van der Waals surface area contributed by atoms with Gasteiger partial charge in [-0.1, -0.05) is 36.4 Å². The van der Waals surface area contributed by atoms with Crippen LogP contribution in [0.5, 0.6) is 0 Å².